The number of ether oxygens (including phenoxy) is 2. The summed E-state index contributed by atoms with van der Waals surface area (Å²) in [5, 5.41) is 3.46. The van der Waals surface area contributed by atoms with E-state index in [-0.39, 0.29) is 12.6 Å². The molecule has 0 bridgehead atoms. The Morgan fingerprint density at radius 1 is 1.30 bits per heavy atom. The second kappa shape index (κ2) is 7.90. The number of carbonyl (C=O) groups excluding carboxylic acids is 1. The van der Waals surface area contributed by atoms with E-state index < -0.39 is 0 Å². The molecular formula is C16H23NO3. The molecular weight excluding hydrogens is 254 g/mol. The number of nitrogens with one attached hydrogen (secondary N) is 1. The van der Waals surface area contributed by atoms with Crippen molar-refractivity contribution in [3.8, 4) is 5.75 Å². The van der Waals surface area contributed by atoms with E-state index in [1.54, 1.807) is 0 Å². The highest BCUT2D eigenvalue weighted by atomic mass is 16.6. The van der Waals surface area contributed by atoms with Crippen LogP contribution in [0.5, 0.6) is 5.75 Å². The zero-order chi connectivity index (χ0) is 14.2. The van der Waals surface area contributed by atoms with Crippen molar-refractivity contribution in [1.82, 2.24) is 5.32 Å². The molecule has 0 heterocycles. The zero-order valence-electron chi connectivity index (χ0n) is 12.1. The molecule has 0 saturated heterocycles. The smallest absolute Gasteiger partial charge is 0.344 e. The molecule has 0 radical (unpaired) electrons. The lowest BCUT2D eigenvalue weighted by molar-refractivity contribution is -0.146. The number of unbranched alkanes of at least 4 members (excludes halogenated alkanes) is 1. The molecule has 2 rings (SSSR count). The lowest BCUT2D eigenvalue weighted by atomic mass is 10.2. The minimum Gasteiger partial charge on any atom is -0.482 e. The van der Waals surface area contributed by atoms with Crippen LogP contribution in [0.4, 0.5) is 0 Å². The summed E-state index contributed by atoms with van der Waals surface area (Å²) in [5.41, 5.74) is 1.23. The number of hydrogen-bond donors (Lipinski definition) is 1. The van der Waals surface area contributed by atoms with Crippen molar-refractivity contribution in [2.45, 2.75) is 45.2 Å². The first-order valence-electron chi connectivity index (χ1n) is 7.38. The van der Waals surface area contributed by atoms with Crippen LogP contribution in [-0.2, 0) is 16.1 Å². The van der Waals surface area contributed by atoms with Gasteiger partial charge < -0.3 is 14.8 Å². The summed E-state index contributed by atoms with van der Waals surface area (Å²) in [6, 6.07) is 8.54. The van der Waals surface area contributed by atoms with E-state index in [9.17, 15) is 4.79 Å². The Hall–Kier alpha value is -1.55. The van der Waals surface area contributed by atoms with Crippen LogP contribution in [-0.4, -0.2) is 25.2 Å². The summed E-state index contributed by atoms with van der Waals surface area (Å²) in [5.74, 6) is 0.394. The van der Waals surface area contributed by atoms with Crippen molar-refractivity contribution in [3.05, 3.63) is 29.8 Å². The number of benzene rings is 1. The topological polar surface area (TPSA) is 47.6 Å². The first-order chi connectivity index (χ1) is 9.78. The predicted octanol–water partition coefficient (Wildman–Crippen LogP) is 2.66. The maximum atomic E-state index is 11.4. The molecule has 4 heteroatoms. The highest BCUT2D eigenvalue weighted by molar-refractivity contribution is 5.71. The van der Waals surface area contributed by atoms with Gasteiger partial charge in [0.25, 0.3) is 0 Å². The van der Waals surface area contributed by atoms with Gasteiger partial charge in [-0.2, -0.15) is 0 Å². The average Bonchev–Trinajstić information content (AvgIpc) is 3.28. The fourth-order valence-corrected chi connectivity index (χ4v) is 1.77. The van der Waals surface area contributed by atoms with Crippen molar-refractivity contribution in [2.75, 3.05) is 13.2 Å². The van der Waals surface area contributed by atoms with Gasteiger partial charge in [0, 0.05) is 12.6 Å². The lowest BCUT2D eigenvalue weighted by Crippen LogP contribution is -2.16. The molecule has 4 nitrogen and oxygen atoms in total. The third-order valence-electron chi connectivity index (χ3n) is 3.21. The third-order valence-corrected chi connectivity index (χ3v) is 3.21. The monoisotopic (exact) mass is 277 g/mol. The molecule has 0 amide bonds. The fraction of sp³-hybridized carbons (Fsp3) is 0.562. The summed E-state index contributed by atoms with van der Waals surface area (Å²) in [7, 11) is 0. The molecule has 0 spiro atoms. The summed E-state index contributed by atoms with van der Waals surface area (Å²) >= 11 is 0. The van der Waals surface area contributed by atoms with Crippen LogP contribution in [0.1, 0.15) is 38.2 Å². The van der Waals surface area contributed by atoms with Gasteiger partial charge in [0.1, 0.15) is 5.75 Å². The summed E-state index contributed by atoms with van der Waals surface area (Å²) < 4.78 is 10.4. The van der Waals surface area contributed by atoms with Gasteiger partial charge in [0.05, 0.1) is 6.61 Å². The Kier molecular flexibility index (Phi) is 5.87. The van der Waals surface area contributed by atoms with Crippen LogP contribution in [0.3, 0.4) is 0 Å². The Balaban J connectivity index is 1.65. The van der Waals surface area contributed by atoms with Gasteiger partial charge in [-0.3, -0.25) is 0 Å². The molecule has 0 atom stereocenters. The van der Waals surface area contributed by atoms with Gasteiger partial charge in [-0.15, -0.1) is 0 Å². The highest BCUT2D eigenvalue weighted by Crippen LogP contribution is 2.19. The average molecular weight is 277 g/mol. The van der Waals surface area contributed by atoms with E-state index in [0.717, 1.165) is 19.4 Å². The largest absolute Gasteiger partial charge is 0.482 e. The molecule has 0 aromatic heterocycles. The fourth-order valence-electron chi connectivity index (χ4n) is 1.77. The van der Waals surface area contributed by atoms with Crippen LogP contribution in [0.15, 0.2) is 24.3 Å². The summed E-state index contributed by atoms with van der Waals surface area (Å²) in [6.07, 6.45) is 4.50. The van der Waals surface area contributed by atoms with E-state index in [2.05, 4.69) is 12.2 Å². The van der Waals surface area contributed by atoms with Crippen LogP contribution >= 0.6 is 0 Å². The van der Waals surface area contributed by atoms with Gasteiger partial charge >= 0.3 is 5.97 Å². The number of hydrogen-bond acceptors (Lipinski definition) is 4. The Labute approximate surface area is 120 Å². The second-order valence-electron chi connectivity index (χ2n) is 5.16. The maximum absolute atomic E-state index is 11.4. The van der Waals surface area contributed by atoms with Crippen molar-refractivity contribution in [1.29, 1.82) is 0 Å². The normalized spacial score (nSPS) is 14.1. The molecule has 1 aromatic rings. The summed E-state index contributed by atoms with van der Waals surface area (Å²) in [6.45, 7) is 3.40. The van der Waals surface area contributed by atoms with Crippen molar-refractivity contribution < 1.29 is 14.3 Å². The van der Waals surface area contributed by atoms with E-state index in [0.29, 0.717) is 18.4 Å². The number of carbonyl (C=O) groups is 1. The predicted molar refractivity (Wildman–Crippen MR) is 77.7 cm³/mol. The van der Waals surface area contributed by atoms with Crippen molar-refractivity contribution in [3.63, 3.8) is 0 Å². The van der Waals surface area contributed by atoms with Crippen LogP contribution in [0.2, 0.25) is 0 Å². The maximum Gasteiger partial charge on any atom is 0.344 e. The molecule has 1 N–H and O–H groups in total. The molecule has 1 saturated carbocycles. The van der Waals surface area contributed by atoms with Crippen LogP contribution < -0.4 is 10.1 Å². The lowest BCUT2D eigenvalue weighted by Gasteiger charge is -2.08. The van der Waals surface area contributed by atoms with Crippen LogP contribution in [0.25, 0.3) is 0 Å². The molecule has 20 heavy (non-hydrogen) atoms. The molecule has 1 aliphatic rings. The standard InChI is InChI=1S/C16H23NO3/c1-2-3-10-19-16(18)12-20-15-8-4-13(5-9-15)11-17-14-6-7-14/h4-5,8-9,14,17H,2-3,6-7,10-12H2,1H3. The Bertz CT molecular complexity index is 412. The molecule has 1 aliphatic carbocycles. The zero-order valence-corrected chi connectivity index (χ0v) is 12.1. The minimum absolute atomic E-state index is 0.0244. The van der Waals surface area contributed by atoms with Crippen LogP contribution in [0, 0.1) is 0 Å². The first-order valence-corrected chi connectivity index (χ1v) is 7.38. The SMILES string of the molecule is CCCCOC(=O)COc1ccc(CNC2CC2)cc1. The highest BCUT2D eigenvalue weighted by Gasteiger charge is 2.19. The summed E-state index contributed by atoms with van der Waals surface area (Å²) in [4.78, 5) is 11.4. The van der Waals surface area contributed by atoms with Gasteiger partial charge in [-0.1, -0.05) is 25.5 Å². The van der Waals surface area contributed by atoms with E-state index in [1.807, 2.05) is 24.3 Å². The van der Waals surface area contributed by atoms with E-state index >= 15 is 0 Å². The molecule has 0 unspecified atom stereocenters. The van der Waals surface area contributed by atoms with Crippen molar-refractivity contribution in [2.24, 2.45) is 0 Å². The van der Waals surface area contributed by atoms with E-state index in [1.165, 1.54) is 18.4 Å². The third kappa shape index (κ3) is 5.61. The van der Waals surface area contributed by atoms with Gasteiger partial charge in [-0.05, 0) is 37.0 Å². The van der Waals surface area contributed by atoms with Gasteiger partial charge in [-0.25, -0.2) is 4.79 Å². The van der Waals surface area contributed by atoms with Gasteiger partial charge in [0.2, 0.25) is 0 Å². The molecule has 110 valence electrons. The molecule has 1 fully saturated rings. The molecule has 0 aliphatic heterocycles. The van der Waals surface area contributed by atoms with Crippen molar-refractivity contribution >= 4 is 5.97 Å². The number of esters is 1. The first kappa shape index (κ1) is 14.9. The molecule has 1 aromatic carbocycles. The van der Waals surface area contributed by atoms with Gasteiger partial charge in [0.15, 0.2) is 6.61 Å². The Morgan fingerprint density at radius 2 is 2.05 bits per heavy atom. The second-order valence-corrected chi connectivity index (χ2v) is 5.16. The quantitative estimate of drug-likeness (QED) is 0.557. The Morgan fingerprint density at radius 3 is 2.70 bits per heavy atom. The van der Waals surface area contributed by atoms with E-state index in [4.69, 9.17) is 9.47 Å². The minimum atomic E-state index is -0.307. The number of rotatable bonds is 9.